The molecule has 12 heteroatoms. The number of amides is 2. The number of carbonyl (C=O) groups is 5. The number of rotatable bonds is 11. The molecule has 1 aromatic carbocycles. The number of aliphatic carboxylic acids is 1. The summed E-state index contributed by atoms with van der Waals surface area (Å²) in [5.74, 6) is -7.73. The van der Waals surface area contributed by atoms with Crippen LogP contribution in [0.25, 0.3) is 6.08 Å². The first kappa shape index (κ1) is 27.4. The van der Waals surface area contributed by atoms with Crippen molar-refractivity contribution in [2.24, 2.45) is 11.7 Å². The number of nitrogens with one attached hydrogen (secondary N) is 2. The van der Waals surface area contributed by atoms with Gasteiger partial charge in [0.25, 0.3) is 0 Å². The van der Waals surface area contributed by atoms with Gasteiger partial charge >= 0.3 is 17.9 Å². The first-order chi connectivity index (χ1) is 15.4. The second kappa shape index (κ2) is 13.0. The molecule has 0 aliphatic rings. The zero-order chi connectivity index (χ0) is 25.1. The third kappa shape index (κ3) is 9.56. The van der Waals surface area contributed by atoms with Crippen LogP contribution in [0.3, 0.4) is 0 Å². The van der Waals surface area contributed by atoms with Crippen molar-refractivity contribution in [2.45, 2.75) is 38.8 Å². The topological polar surface area (TPSA) is 165 Å². The molecule has 0 bridgehead atoms. The van der Waals surface area contributed by atoms with E-state index in [1.54, 1.807) is 13.8 Å². The van der Waals surface area contributed by atoms with Gasteiger partial charge in [0, 0.05) is 12.5 Å². The predicted octanol–water partition coefficient (Wildman–Crippen LogP) is 0.497. The van der Waals surface area contributed by atoms with E-state index in [0.29, 0.717) is 0 Å². The van der Waals surface area contributed by atoms with Crippen LogP contribution >= 0.6 is 0 Å². The van der Waals surface area contributed by atoms with Crippen molar-refractivity contribution in [3.05, 3.63) is 41.5 Å². The highest BCUT2D eigenvalue weighted by Crippen LogP contribution is 2.11. The summed E-state index contributed by atoms with van der Waals surface area (Å²) in [4.78, 5) is 59.3. The number of halogens is 2. The zero-order valence-electron chi connectivity index (χ0n) is 18.0. The van der Waals surface area contributed by atoms with Crippen LogP contribution in [0.1, 0.15) is 32.3 Å². The molecule has 0 saturated carbocycles. The van der Waals surface area contributed by atoms with Crippen molar-refractivity contribution in [3.8, 4) is 0 Å². The summed E-state index contributed by atoms with van der Waals surface area (Å²) >= 11 is 0. The fourth-order valence-electron chi connectivity index (χ4n) is 2.53. The molecular weight excluding hydrogens is 444 g/mol. The number of hydrogen-bond acceptors (Lipinski definition) is 7. The Bertz CT molecular complexity index is 934. The number of carboxylic acid groups (broad SMARTS) is 1. The maximum absolute atomic E-state index is 13.2. The van der Waals surface area contributed by atoms with Crippen LogP contribution in [0.4, 0.5) is 8.78 Å². The summed E-state index contributed by atoms with van der Waals surface area (Å²) in [5, 5.41) is 13.5. The zero-order valence-corrected chi connectivity index (χ0v) is 18.0. The van der Waals surface area contributed by atoms with Gasteiger partial charge in [-0.1, -0.05) is 19.9 Å². The van der Waals surface area contributed by atoms with E-state index in [2.05, 4.69) is 15.4 Å². The quantitative estimate of drug-likeness (QED) is 0.207. The number of esters is 2. The van der Waals surface area contributed by atoms with E-state index in [1.807, 2.05) is 0 Å². The number of ether oxygens (including phenoxy) is 1. The van der Waals surface area contributed by atoms with Crippen LogP contribution in [0.5, 0.6) is 0 Å². The molecule has 2 unspecified atom stereocenters. The fraction of sp³-hybridized carbons (Fsp3) is 0.381. The molecule has 2 amide bonds. The molecule has 1 rings (SSSR count). The average molecular weight is 469 g/mol. The largest absolute Gasteiger partial charge is 0.481 e. The lowest BCUT2D eigenvalue weighted by molar-refractivity contribution is -0.159. The smallest absolute Gasteiger partial charge is 0.338 e. The van der Waals surface area contributed by atoms with Gasteiger partial charge in [-0.25, -0.2) is 18.4 Å². The Labute approximate surface area is 188 Å². The summed E-state index contributed by atoms with van der Waals surface area (Å²) in [6.45, 7) is 2.87. The lowest BCUT2D eigenvalue weighted by Gasteiger charge is -2.24. The fourth-order valence-corrected chi connectivity index (χ4v) is 2.53. The number of carboxylic acids is 1. The molecule has 2 atom stereocenters. The first-order valence-electron chi connectivity index (χ1n) is 9.85. The van der Waals surface area contributed by atoms with Gasteiger partial charge in [-0.2, -0.15) is 0 Å². The Morgan fingerprint density at radius 1 is 1.12 bits per heavy atom. The van der Waals surface area contributed by atoms with Gasteiger partial charge < -0.3 is 26.2 Å². The molecule has 0 saturated heterocycles. The lowest BCUT2D eigenvalue weighted by atomic mass is 10.0. The third-order valence-electron chi connectivity index (χ3n) is 4.26. The number of hydrogen-bond donors (Lipinski definition) is 4. The maximum atomic E-state index is 13.2. The minimum Gasteiger partial charge on any atom is -0.481 e. The molecule has 0 aliphatic carbocycles. The van der Waals surface area contributed by atoms with E-state index in [-0.39, 0.29) is 12.1 Å². The van der Waals surface area contributed by atoms with E-state index in [4.69, 9.17) is 10.8 Å². The average Bonchev–Trinajstić information content (AvgIpc) is 2.74. The van der Waals surface area contributed by atoms with Crippen molar-refractivity contribution in [1.82, 2.24) is 10.6 Å². The summed E-state index contributed by atoms with van der Waals surface area (Å²) in [5.41, 5.74) is 5.34. The van der Waals surface area contributed by atoms with Crippen molar-refractivity contribution in [1.29, 1.82) is 0 Å². The Hall–Kier alpha value is -3.67. The summed E-state index contributed by atoms with van der Waals surface area (Å²) in [6, 6.07) is 0.257. The maximum Gasteiger partial charge on any atom is 0.338 e. The Kier molecular flexibility index (Phi) is 10.8. The Morgan fingerprint density at radius 2 is 1.79 bits per heavy atom. The molecule has 0 aliphatic heterocycles. The molecule has 1 aromatic rings. The van der Waals surface area contributed by atoms with Gasteiger partial charge in [-0.15, -0.1) is 0 Å². The standard InChI is InChI=1S/C21H25F2N3O7/c1-11(2)19(26-16(27)10-24)20(31)25-15(6-7-17(28)29)21(32)33-18(30)8-4-12-3-5-13(22)14(23)9-12/h3-5,8-9,11,15,19H,6-7,10,24H2,1-2H3,(H,25,31)(H,26,27)(H,28,29)/b8-4+. The van der Waals surface area contributed by atoms with Gasteiger partial charge in [-0.05, 0) is 36.1 Å². The van der Waals surface area contributed by atoms with Crippen LogP contribution in [0, 0.1) is 17.6 Å². The molecular formula is C21H25F2N3O7. The minimum atomic E-state index is -1.51. The van der Waals surface area contributed by atoms with Crippen molar-refractivity contribution in [2.75, 3.05) is 6.54 Å². The van der Waals surface area contributed by atoms with E-state index in [0.717, 1.165) is 24.3 Å². The van der Waals surface area contributed by atoms with E-state index in [1.165, 1.54) is 6.07 Å². The van der Waals surface area contributed by atoms with Gasteiger partial charge in [0.15, 0.2) is 11.6 Å². The second-order valence-electron chi connectivity index (χ2n) is 7.23. The highest BCUT2D eigenvalue weighted by molar-refractivity contribution is 5.98. The van der Waals surface area contributed by atoms with E-state index >= 15 is 0 Å². The molecule has 10 nitrogen and oxygen atoms in total. The number of nitrogens with two attached hydrogens (primary N) is 1. The monoisotopic (exact) mass is 469 g/mol. The van der Waals surface area contributed by atoms with Gasteiger partial charge in [0.1, 0.15) is 12.1 Å². The van der Waals surface area contributed by atoms with Gasteiger partial charge in [-0.3, -0.25) is 14.4 Å². The molecule has 0 radical (unpaired) electrons. The van der Waals surface area contributed by atoms with Crippen LogP contribution < -0.4 is 16.4 Å². The molecule has 0 heterocycles. The number of benzene rings is 1. The normalized spacial score (nSPS) is 12.8. The second-order valence-corrected chi connectivity index (χ2v) is 7.23. The van der Waals surface area contributed by atoms with Crippen LogP contribution in [0.2, 0.25) is 0 Å². The first-order valence-corrected chi connectivity index (χ1v) is 9.85. The molecule has 0 spiro atoms. The van der Waals surface area contributed by atoms with E-state index in [9.17, 15) is 32.8 Å². The van der Waals surface area contributed by atoms with Crippen molar-refractivity contribution >= 4 is 35.8 Å². The van der Waals surface area contributed by atoms with Crippen molar-refractivity contribution < 1.29 is 42.6 Å². The molecule has 180 valence electrons. The molecule has 0 fully saturated rings. The molecule has 5 N–H and O–H groups in total. The Morgan fingerprint density at radius 3 is 2.33 bits per heavy atom. The SMILES string of the molecule is CC(C)C(NC(=O)CN)C(=O)NC(CCC(=O)O)C(=O)OC(=O)/C=C/c1ccc(F)c(F)c1. The predicted molar refractivity (Wildman–Crippen MR) is 111 cm³/mol. The highest BCUT2D eigenvalue weighted by Gasteiger charge is 2.30. The van der Waals surface area contributed by atoms with Crippen molar-refractivity contribution in [3.63, 3.8) is 0 Å². The molecule has 0 aromatic heterocycles. The van der Waals surface area contributed by atoms with Crippen LogP contribution in [0.15, 0.2) is 24.3 Å². The van der Waals surface area contributed by atoms with Crippen LogP contribution in [-0.4, -0.2) is 53.5 Å². The summed E-state index contributed by atoms with van der Waals surface area (Å²) < 4.78 is 30.8. The van der Waals surface area contributed by atoms with Gasteiger partial charge in [0.2, 0.25) is 11.8 Å². The molecule has 33 heavy (non-hydrogen) atoms. The number of carbonyl (C=O) groups excluding carboxylic acids is 4. The summed E-state index contributed by atoms with van der Waals surface area (Å²) in [7, 11) is 0. The third-order valence-corrected chi connectivity index (χ3v) is 4.26. The van der Waals surface area contributed by atoms with Gasteiger partial charge in [0.05, 0.1) is 6.54 Å². The Balaban J connectivity index is 2.90. The lowest BCUT2D eigenvalue weighted by Crippen LogP contribution is -2.55. The highest BCUT2D eigenvalue weighted by atomic mass is 19.2. The van der Waals surface area contributed by atoms with E-state index < -0.39 is 72.2 Å². The minimum absolute atomic E-state index is 0.115. The summed E-state index contributed by atoms with van der Waals surface area (Å²) in [6.07, 6.45) is 0.926. The van der Waals surface area contributed by atoms with Crippen LogP contribution in [-0.2, 0) is 28.7 Å².